The Labute approximate surface area is 181 Å². The first-order valence-corrected chi connectivity index (χ1v) is 11.1. The molecule has 0 spiro atoms. The van der Waals surface area contributed by atoms with E-state index in [9.17, 15) is 27.2 Å². The van der Waals surface area contributed by atoms with E-state index in [1.165, 1.54) is 24.6 Å². The Morgan fingerprint density at radius 3 is 2.55 bits per heavy atom. The zero-order valence-corrected chi connectivity index (χ0v) is 17.5. The van der Waals surface area contributed by atoms with Gasteiger partial charge in [-0.1, -0.05) is 37.4 Å². The number of thioether (sulfide) groups is 1. The molecule has 0 radical (unpaired) electrons. The van der Waals surface area contributed by atoms with Crippen LogP contribution in [-0.4, -0.2) is 34.9 Å². The maximum absolute atomic E-state index is 13.1. The molecule has 170 valence electrons. The molecule has 6 nitrogen and oxygen atoms in total. The van der Waals surface area contributed by atoms with Gasteiger partial charge in [-0.05, 0) is 37.5 Å². The van der Waals surface area contributed by atoms with Crippen LogP contribution in [-0.2, 0) is 11.0 Å². The number of aliphatic imine (C=N–C) groups is 1. The first-order valence-electron chi connectivity index (χ1n) is 10.2. The predicted molar refractivity (Wildman–Crippen MR) is 111 cm³/mol. The van der Waals surface area contributed by atoms with Crippen LogP contribution in [0.4, 0.5) is 28.0 Å². The average molecular weight is 460 g/mol. The lowest BCUT2D eigenvalue weighted by Gasteiger charge is -2.17. The van der Waals surface area contributed by atoms with E-state index in [0.29, 0.717) is 17.3 Å². The van der Waals surface area contributed by atoms with Gasteiger partial charge in [0.2, 0.25) is 0 Å². The summed E-state index contributed by atoms with van der Waals surface area (Å²) < 4.78 is 52.2. The van der Waals surface area contributed by atoms with E-state index in [1.807, 2.05) is 0 Å². The topological polar surface area (TPSA) is 82.6 Å². The standard InChI is InChI=1S/C20H24F4N4O2S/c21-12-7-8-15(14(11-12)20(22,23)24)27-18(30)25-10-9-16-17(29)28-19(31-16)26-13-5-3-1-2-4-6-13/h7-8,11,13,16H,1-6,9-10H2,(H2,25,27,30)(H,26,28,29). The van der Waals surface area contributed by atoms with E-state index in [4.69, 9.17) is 0 Å². The lowest BCUT2D eigenvalue weighted by molar-refractivity contribution is -0.137. The van der Waals surface area contributed by atoms with Crippen molar-refractivity contribution in [3.63, 3.8) is 0 Å². The van der Waals surface area contributed by atoms with Crippen molar-refractivity contribution in [2.24, 2.45) is 4.99 Å². The normalized spacial score (nSPS) is 20.2. The number of anilines is 1. The van der Waals surface area contributed by atoms with Crippen molar-refractivity contribution in [3.05, 3.63) is 29.6 Å². The number of amidine groups is 1. The van der Waals surface area contributed by atoms with Crippen molar-refractivity contribution < 1.29 is 27.2 Å². The van der Waals surface area contributed by atoms with E-state index >= 15 is 0 Å². The molecule has 1 unspecified atom stereocenters. The van der Waals surface area contributed by atoms with Gasteiger partial charge in [-0.2, -0.15) is 18.2 Å². The second-order valence-corrected chi connectivity index (χ2v) is 8.74. The number of carbonyl (C=O) groups is 2. The Morgan fingerprint density at radius 2 is 1.87 bits per heavy atom. The fraction of sp³-hybridized carbons (Fsp3) is 0.550. The van der Waals surface area contributed by atoms with Gasteiger partial charge in [-0.3, -0.25) is 4.79 Å². The Balaban J connectivity index is 1.44. The number of halogens is 4. The quantitative estimate of drug-likeness (QED) is 0.441. The van der Waals surface area contributed by atoms with Crippen LogP contribution in [0.15, 0.2) is 23.2 Å². The van der Waals surface area contributed by atoms with Crippen molar-refractivity contribution in [2.45, 2.75) is 62.4 Å². The van der Waals surface area contributed by atoms with Crippen LogP contribution in [0, 0.1) is 5.82 Å². The lowest BCUT2D eigenvalue weighted by Crippen LogP contribution is -2.33. The molecule has 1 heterocycles. The smallest absolute Gasteiger partial charge is 0.362 e. The van der Waals surface area contributed by atoms with Gasteiger partial charge >= 0.3 is 12.2 Å². The summed E-state index contributed by atoms with van der Waals surface area (Å²) in [4.78, 5) is 28.1. The summed E-state index contributed by atoms with van der Waals surface area (Å²) in [6.07, 6.45) is 2.30. The molecule has 1 atom stereocenters. The average Bonchev–Trinajstić information content (AvgIpc) is 2.88. The maximum Gasteiger partial charge on any atom is 0.418 e. The zero-order chi connectivity index (χ0) is 22.4. The first-order chi connectivity index (χ1) is 14.7. The maximum atomic E-state index is 13.1. The van der Waals surface area contributed by atoms with Gasteiger partial charge in [-0.15, -0.1) is 0 Å². The predicted octanol–water partition coefficient (Wildman–Crippen LogP) is 4.67. The number of alkyl halides is 3. The highest BCUT2D eigenvalue weighted by atomic mass is 32.2. The summed E-state index contributed by atoms with van der Waals surface area (Å²) in [7, 11) is 0. The first kappa shape index (κ1) is 23.4. The fourth-order valence-electron chi connectivity index (χ4n) is 3.57. The molecule has 3 N–H and O–H groups in total. The van der Waals surface area contributed by atoms with E-state index in [0.717, 1.165) is 37.8 Å². The third-order valence-corrected chi connectivity index (χ3v) is 6.31. The highest BCUT2D eigenvalue weighted by Gasteiger charge is 2.34. The molecule has 3 amide bonds. The van der Waals surface area contributed by atoms with Gasteiger partial charge < -0.3 is 16.0 Å². The zero-order valence-electron chi connectivity index (χ0n) is 16.7. The molecule has 0 saturated heterocycles. The van der Waals surface area contributed by atoms with Crippen LogP contribution in [0.2, 0.25) is 0 Å². The molecular weight excluding hydrogens is 436 g/mol. The van der Waals surface area contributed by atoms with Crippen LogP contribution in [0.5, 0.6) is 0 Å². The number of rotatable bonds is 5. The van der Waals surface area contributed by atoms with Crippen LogP contribution in [0.25, 0.3) is 0 Å². The number of hydrogen-bond acceptors (Lipinski definition) is 4. The Bertz CT molecular complexity index is 839. The van der Waals surface area contributed by atoms with Gasteiger partial charge in [-0.25, -0.2) is 9.18 Å². The minimum atomic E-state index is -4.81. The molecule has 1 aromatic carbocycles. The molecule has 1 aliphatic heterocycles. The second-order valence-electron chi connectivity index (χ2n) is 7.55. The summed E-state index contributed by atoms with van der Waals surface area (Å²) in [6.45, 7) is 0.0734. The van der Waals surface area contributed by atoms with Crippen LogP contribution in [0.1, 0.15) is 50.5 Å². The monoisotopic (exact) mass is 460 g/mol. The number of hydrogen-bond donors (Lipinski definition) is 3. The molecule has 2 aliphatic rings. The summed E-state index contributed by atoms with van der Waals surface area (Å²) >= 11 is 1.31. The van der Waals surface area contributed by atoms with Gasteiger partial charge in [0, 0.05) is 12.6 Å². The Morgan fingerprint density at radius 1 is 1.16 bits per heavy atom. The number of carbonyl (C=O) groups excluding carboxylic acids is 2. The summed E-state index contributed by atoms with van der Waals surface area (Å²) in [6, 6.07) is 1.45. The number of benzene rings is 1. The Kier molecular flexibility index (Phi) is 7.79. The number of urea groups is 1. The Hall–Kier alpha value is -2.30. The molecule has 1 aliphatic carbocycles. The SMILES string of the molecule is O=C(NCCC1SC(NC2CCCCCC2)=NC1=O)Nc1ccc(F)cc1C(F)(F)F. The van der Waals surface area contributed by atoms with E-state index in [1.54, 1.807) is 0 Å². The van der Waals surface area contributed by atoms with Crippen molar-refractivity contribution in [3.8, 4) is 0 Å². The van der Waals surface area contributed by atoms with Crippen LogP contribution in [0.3, 0.4) is 0 Å². The third kappa shape index (κ3) is 6.84. The molecule has 1 saturated carbocycles. The largest absolute Gasteiger partial charge is 0.418 e. The molecule has 11 heteroatoms. The molecule has 31 heavy (non-hydrogen) atoms. The second kappa shape index (κ2) is 10.3. The van der Waals surface area contributed by atoms with Gasteiger partial charge in [0.1, 0.15) is 5.82 Å². The minimum absolute atomic E-state index is 0.0734. The molecule has 3 rings (SSSR count). The van der Waals surface area contributed by atoms with Crippen molar-refractivity contribution in [1.82, 2.24) is 10.6 Å². The highest BCUT2D eigenvalue weighted by Crippen LogP contribution is 2.35. The summed E-state index contributed by atoms with van der Waals surface area (Å²) in [5.74, 6) is -1.34. The molecular formula is C20H24F4N4O2S. The number of nitrogens with zero attached hydrogens (tertiary/aromatic N) is 1. The van der Waals surface area contributed by atoms with Gasteiger partial charge in [0.25, 0.3) is 5.91 Å². The van der Waals surface area contributed by atoms with Gasteiger partial charge in [0.15, 0.2) is 5.17 Å². The van der Waals surface area contributed by atoms with E-state index in [-0.39, 0.29) is 18.9 Å². The van der Waals surface area contributed by atoms with E-state index in [2.05, 4.69) is 20.9 Å². The number of nitrogens with one attached hydrogen (secondary N) is 3. The minimum Gasteiger partial charge on any atom is -0.362 e. The summed E-state index contributed by atoms with van der Waals surface area (Å²) in [5.41, 5.74) is -1.82. The molecule has 1 aromatic rings. The van der Waals surface area contributed by atoms with Crippen LogP contribution >= 0.6 is 11.8 Å². The van der Waals surface area contributed by atoms with Crippen molar-refractivity contribution in [2.75, 3.05) is 11.9 Å². The third-order valence-electron chi connectivity index (χ3n) is 5.15. The molecule has 0 aromatic heterocycles. The summed E-state index contributed by atoms with van der Waals surface area (Å²) in [5, 5.41) is 7.98. The van der Waals surface area contributed by atoms with Crippen LogP contribution < -0.4 is 16.0 Å². The van der Waals surface area contributed by atoms with E-state index < -0.39 is 34.5 Å². The van der Waals surface area contributed by atoms with Crippen molar-refractivity contribution in [1.29, 1.82) is 0 Å². The molecule has 1 fully saturated rings. The molecule has 0 bridgehead atoms. The lowest BCUT2D eigenvalue weighted by atomic mass is 10.1. The number of amides is 3. The van der Waals surface area contributed by atoms with Crippen molar-refractivity contribution >= 4 is 34.6 Å². The fourth-order valence-corrected chi connectivity index (χ4v) is 4.61. The van der Waals surface area contributed by atoms with Gasteiger partial charge in [0.05, 0.1) is 16.5 Å². The highest BCUT2D eigenvalue weighted by molar-refractivity contribution is 8.15.